The molecular weight excluding hydrogens is 232 g/mol. The van der Waals surface area contributed by atoms with Crippen LogP contribution < -0.4 is 10.6 Å². The molecule has 2 heteroatoms. The van der Waals surface area contributed by atoms with Crippen LogP contribution in [-0.4, -0.2) is 18.6 Å². The molecule has 0 fully saturated rings. The monoisotopic (exact) mass is 260 g/mol. The zero-order valence-corrected chi connectivity index (χ0v) is 12.7. The summed E-state index contributed by atoms with van der Waals surface area (Å²) in [7, 11) is 0. The number of hydrogen-bond acceptors (Lipinski definition) is 2. The maximum atomic E-state index is 3.54. The molecular formula is C17H28N2. The summed E-state index contributed by atoms with van der Waals surface area (Å²) < 4.78 is 0. The molecule has 2 rings (SSSR count). The zero-order chi connectivity index (χ0) is 13.7. The predicted octanol–water partition coefficient (Wildman–Crippen LogP) is 3.04. The van der Waals surface area contributed by atoms with E-state index < -0.39 is 0 Å². The van der Waals surface area contributed by atoms with Gasteiger partial charge in [-0.05, 0) is 76.2 Å². The molecule has 0 unspecified atom stereocenters. The number of rotatable bonds is 6. The van der Waals surface area contributed by atoms with Crippen LogP contribution in [-0.2, 0) is 19.4 Å². The van der Waals surface area contributed by atoms with Crippen molar-refractivity contribution < 1.29 is 0 Å². The van der Waals surface area contributed by atoms with Crippen molar-refractivity contribution in [3.05, 3.63) is 34.9 Å². The fourth-order valence-electron chi connectivity index (χ4n) is 2.64. The molecule has 0 radical (unpaired) electrons. The molecule has 2 N–H and O–H groups in total. The van der Waals surface area contributed by atoms with E-state index in [-0.39, 0.29) is 5.54 Å². The second kappa shape index (κ2) is 6.53. The third kappa shape index (κ3) is 4.96. The van der Waals surface area contributed by atoms with Gasteiger partial charge in [-0.15, -0.1) is 0 Å². The number of nitrogens with one attached hydrogen (secondary N) is 2. The smallest absolute Gasteiger partial charge is 0.0205 e. The Hall–Kier alpha value is -0.860. The molecule has 2 nitrogen and oxygen atoms in total. The van der Waals surface area contributed by atoms with Crippen LogP contribution in [0.15, 0.2) is 18.2 Å². The van der Waals surface area contributed by atoms with Crippen LogP contribution in [0.2, 0.25) is 0 Å². The summed E-state index contributed by atoms with van der Waals surface area (Å²) in [5.41, 5.74) is 4.82. The molecule has 0 spiro atoms. The van der Waals surface area contributed by atoms with Gasteiger partial charge in [-0.25, -0.2) is 0 Å². The Bertz CT molecular complexity index is 404. The van der Waals surface area contributed by atoms with Crippen molar-refractivity contribution in [3.63, 3.8) is 0 Å². The van der Waals surface area contributed by atoms with Gasteiger partial charge in [0.15, 0.2) is 0 Å². The topological polar surface area (TPSA) is 24.1 Å². The molecule has 0 atom stereocenters. The van der Waals surface area contributed by atoms with Gasteiger partial charge in [0.25, 0.3) is 0 Å². The summed E-state index contributed by atoms with van der Waals surface area (Å²) >= 11 is 0. The van der Waals surface area contributed by atoms with Crippen LogP contribution in [0.25, 0.3) is 0 Å². The minimum absolute atomic E-state index is 0.236. The summed E-state index contributed by atoms with van der Waals surface area (Å²) in [6, 6.07) is 6.99. The fraction of sp³-hybridized carbons (Fsp3) is 0.647. The summed E-state index contributed by atoms with van der Waals surface area (Å²) in [6.07, 6.45) is 5.08. The predicted molar refractivity (Wildman–Crippen MR) is 82.5 cm³/mol. The Kier molecular flexibility index (Phi) is 5.00. The summed E-state index contributed by atoms with van der Waals surface area (Å²) in [5.74, 6) is 0. The fourth-order valence-corrected chi connectivity index (χ4v) is 2.64. The molecule has 0 saturated carbocycles. The molecule has 1 aliphatic rings. The third-order valence-electron chi connectivity index (χ3n) is 3.68. The van der Waals surface area contributed by atoms with E-state index >= 15 is 0 Å². The molecule has 1 aromatic carbocycles. The van der Waals surface area contributed by atoms with Crippen LogP contribution in [0, 0.1) is 0 Å². The van der Waals surface area contributed by atoms with Gasteiger partial charge in [0.1, 0.15) is 0 Å². The average molecular weight is 260 g/mol. The highest BCUT2D eigenvalue weighted by atomic mass is 14.9. The lowest BCUT2D eigenvalue weighted by atomic mass is 10.1. The Balaban J connectivity index is 1.63. The van der Waals surface area contributed by atoms with E-state index in [1.54, 1.807) is 11.1 Å². The van der Waals surface area contributed by atoms with Gasteiger partial charge >= 0.3 is 0 Å². The number of benzene rings is 1. The SMILES string of the molecule is CC(C)(C)NCCCNCc1ccc2c(c1)CCC2. The highest BCUT2D eigenvalue weighted by Gasteiger charge is 2.10. The van der Waals surface area contributed by atoms with Crippen molar-refractivity contribution in [1.29, 1.82) is 0 Å². The van der Waals surface area contributed by atoms with Gasteiger partial charge < -0.3 is 10.6 Å². The van der Waals surface area contributed by atoms with E-state index in [0.717, 1.165) is 19.6 Å². The summed E-state index contributed by atoms with van der Waals surface area (Å²) in [6.45, 7) is 9.81. The molecule has 0 heterocycles. The molecule has 0 aliphatic heterocycles. The van der Waals surface area contributed by atoms with Crippen LogP contribution >= 0.6 is 0 Å². The highest BCUT2D eigenvalue weighted by Crippen LogP contribution is 2.22. The van der Waals surface area contributed by atoms with Crippen molar-refractivity contribution >= 4 is 0 Å². The first-order chi connectivity index (χ1) is 9.04. The third-order valence-corrected chi connectivity index (χ3v) is 3.68. The van der Waals surface area contributed by atoms with Crippen LogP contribution in [0.1, 0.15) is 50.3 Å². The highest BCUT2D eigenvalue weighted by molar-refractivity contribution is 5.35. The zero-order valence-electron chi connectivity index (χ0n) is 12.7. The molecule has 0 saturated heterocycles. The number of hydrogen-bond donors (Lipinski definition) is 2. The molecule has 106 valence electrons. The molecule has 0 aromatic heterocycles. The Morgan fingerprint density at radius 3 is 2.63 bits per heavy atom. The molecule has 0 amide bonds. The van der Waals surface area contributed by atoms with E-state index in [1.165, 1.54) is 31.2 Å². The Labute approximate surface area is 118 Å². The lowest BCUT2D eigenvalue weighted by Gasteiger charge is -2.20. The van der Waals surface area contributed by atoms with Crippen LogP contribution in [0.5, 0.6) is 0 Å². The lowest BCUT2D eigenvalue weighted by molar-refractivity contribution is 0.418. The average Bonchev–Trinajstić information content (AvgIpc) is 2.79. The van der Waals surface area contributed by atoms with E-state index in [4.69, 9.17) is 0 Å². The number of aryl methyl sites for hydroxylation is 2. The van der Waals surface area contributed by atoms with Gasteiger partial charge in [-0.1, -0.05) is 18.2 Å². The second-order valence-electron chi connectivity index (χ2n) is 6.66. The normalized spacial score (nSPS) is 14.7. The Morgan fingerprint density at radius 1 is 1.05 bits per heavy atom. The first kappa shape index (κ1) is 14.5. The van der Waals surface area contributed by atoms with Gasteiger partial charge in [-0.2, -0.15) is 0 Å². The van der Waals surface area contributed by atoms with Gasteiger partial charge in [0.2, 0.25) is 0 Å². The van der Waals surface area contributed by atoms with Crippen molar-refractivity contribution in [3.8, 4) is 0 Å². The maximum absolute atomic E-state index is 3.54. The minimum Gasteiger partial charge on any atom is -0.313 e. The van der Waals surface area contributed by atoms with Crippen molar-refractivity contribution in [2.75, 3.05) is 13.1 Å². The molecule has 1 aromatic rings. The van der Waals surface area contributed by atoms with Crippen LogP contribution in [0.3, 0.4) is 0 Å². The van der Waals surface area contributed by atoms with Crippen molar-refractivity contribution in [2.45, 2.75) is 58.5 Å². The second-order valence-corrected chi connectivity index (χ2v) is 6.66. The Morgan fingerprint density at radius 2 is 1.84 bits per heavy atom. The van der Waals surface area contributed by atoms with E-state index in [2.05, 4.69) is 49.6 Å². The molecule has 0 bridgehead atoms. The van der Waals surface area contributed by atoms with E-state index in [1.807, 2.05) is 0 Å². The van der Waals surface area contributed by atoms with Crippen molar-refractivity contribution in [1.82, 2.24) is 10.6 Å². The first-order valence-electron chi connectivity index (χ1n) is 7.61. The number of fused-ring (bicyclic) bond motifs is 1. The largest absolute Gasteiger partial charge is 0.313 e. The standard InChI is InChI=1S/C17H28N2/c1-17(2,3)19-11-5-10-18-13-14-8-9-15-6-4-7-16(15)12-14/h8-9,12,18-19H,4-7,10-11,13H2,1-3H3. The first-order valence-corrected chi connectivity index (χ1v) is 7.61. The van der Waals surface area contributed by atoms with E-state index in [0.29, 0.717) is 0 Å². The summed E-state index contributed by atoms with van der Waals surface area (Å²) in [5, 5.41) is 7.05. The van der Waals surface area contributed by atoms with Crippen molar-refractivity contribution in [2.24, 2.45) is 0 Å². The van der Waals surface area contributed by atoms with Gasteiger partial charge in [0, 0.05) is 12.1 Å². The van der Waals surface area contributed by atoms with E-state index in [9.17, 15) is 0 Å². The minimum atomic E-state index is 0.236. The lowest BCUT2D eigenvalue weighted by Crippen LogP contribution is -2.37. The van der Waals surface area contributed by atoms with Gasteiger partial charge in [0.05, 0.1) is 0 Å². The quantitative estimate of drug-likeness (QED) is 0.768. The molecule has 19 heavy (non-hydrogen) atoms. The maximum Gasteiger partial charge on any atom is 0.0205 e. The van der Waals surface area contributed by atoms with Crippen LogP contribution in [0.4, 0.5) is 0 Å². The molecule has 1 aliphatic carbocycles. The van der Waals surface area contributed by atoms with Gasteiger partial charge in [-0.3, -0.25) is 0 Å². The summed E-state index contributed by atoms with van der Waals surface area (Å²) in [4.78, 5) is 0.